The van der Waals surface area contributed by atoms with Crippen molar-refractivity contribution in [1.82, 2.24) is 20.1 Å². The van der Waals surface area contributed by atoms with Crippen molar-refractivity contribution in [3.63, 3.8) is 0 Å². The van der Waals surface area contributed by atoms with Crippen LogP contribution in [-0.2, 0) is 17.4 Å². The Bertz CT molecular complexity index is 1420. The van der Waals surface area contributed by atoms with Crippen LogP contribution in [0.1, 0.15) is 28.0 Å². The third-order valence-electron chi connectivity index (χ3n) is 5.85. The van der Waals surface area contributed by atoms with Crippen molar-refractivity contribution in [3.8, 4) is 11.5 Å². The van der Waals surface area contributed by atoms with E-state index in [0.717, 1.165) is 5.52 Å². The van der Waals surface area contributed by atoms with Gasteiger partial charge in [0.25, 0.3) is 12.4 Å². The van der Waals surface area contributed by atoms with Crippen molar-refractivity contribution >= 4 is 23.3 Å². The Balaban J connectivity index is 0.00000102. The highest BCUT2D eigenvalue weighted by Crippen LogP contribution is 2.41. The van der Waals surface area contributed by atoms with E-state index < -0.39 is 11.9 Å². The number of alkyl halides is 3. The van der Waals surface area contributed by atoms with E-state index in [9.17, 15) is 18.0 Å². The number of hydrogen-bond acceptors (Lipinski definition) is 6. The number of amides is 1. The van der Waals surface area contributed by atoms with Gasteiger partial charge in [0.1, 0.15) is 22.7 Å². The molecular weight excluding hydrogens is 493 g/mol. The van der Waals surface area contributed by atoms with E-state index >= 15 is 0 Å². The van der Waals surface area contributed by atoms with E-state index in [1.54, 1.807) is 48.4 Å². The maximum atomic E-state index is 13.6. The summed E-state index contributed by atoms with van der Waals surface area (Å²) < 4.78 is 49.4. The van der Waals surface area contributed by atoms with Crippen LogP contribution in [0.2, 0.25) is 0 Å². The predicted octanol–water partition coefficient (Wildman–Crippen LogP) is 4.02. The van der Waals surface area contributed by atoms with Crippen LogP contribution in [0.4, 0.5) is 13.2 Å². The summed E-state index contributed by atoms with van der Waals surface area (Å²) in [7, 11) is 1.79. The minimum atomic E-state index is -4.80. The molecule has 12 heteroatoms. The number of carbonyl (C=O) groups is 2. The molecule has 0 saturated carbocycles. The second kappa shape index (κ2) is 10.2. The van der Waals surface area contributed by atoms with Crippen LogP contribution >= 0.6 is 0 Å². The molecule has 4 aromatic rings. The molecule has 3 heterocycles. The molecule has 1 aliphatic heterocycles. The number of nitrogens with one attached hydrogen (secondary N) is 1. The molecule has 0 bridgehead atoms. The second-order valence-electron chi connectivity index (χ2n) is 7.99. The summed E-state index contributed by atoms with van der Waals surface area (Å²) >= 11 is 0. The number of carboxylic acid groups (broad SMARTS) is 1. The molecular formula is C25H21F3N4O5. The lowest BCUT2D eigenvalue weighted by molar-refractivity contribution is -0.274. The van der Waals surface area contributed by atoms with Crippen molar-refractivity contribution in [2.24, 2.45) is 7.05 Å². The van der Waals surface area contributed by atoms with Crippen molar-refractivity contribution < 1.29 is 37.3 Å². The standard InChI is InChI=1S/C24H19F3N4O3.CH2O2/c1-31-19-5-2-4-17(18(19)14-29-31)22(32)30-23(11-13-33-20-6-3-12-28-21(20)23)15-7-9-16(10-8-15)34-24(25,26)27;2-1-3/h2-10,12,14H,11,13H2,1H3,(H,30,32);1H,(H,2,3)/t23-;/m0./s1. The molecule has 1 atom stereocenters. The molecule has 0 radical (unpaired) electrons. The fraction of sp³-hybridized carbons (Fsp3) is 0.200. The van der Waals surface area contributed by atoms with E-state index in [4.69, 9.17) is 14.6 Å². The minimum Gasteiger partial charge on any atom is -0.491 e. The highest BCUT2D eigenvalue weighted by atomic mass is 19.4. The Morgan fingerprint density at radius 3 is 2.62 bits per heavy atom. The first-order valence-corrected chi connectivity index (χ1v) is 10.9. The first kappa shape index (κ1) is 25.5. The van der Waals surface area contributed by atoms with Gasteiger partial charge in [-0.25, -0.2) is 0 Å². The minimum absolute atomic E-state index is 0.250. The number of carbonyl (C=O) groups excluding carboxylic acids is 1. The van der Waals surface area contributed by atoms with Gasteiger partial charge in [0.15, 0.2) is 0 Å². The van der Waals surface area contributed by atoms with Crippen LogP contribution in [0.15, 0.2) is 67.0 Å². The monoisotopic (exact) mass is 514 g/mol. The lowest BCUT2D eigenvalue weighted by Gasteiger charge is -2.39. The molecule has 37 heavy (non-hydrogen) atoms. The number of ether oxygens (including phenoxy) is 2. The number of halogens is 3. The number of fused-ring (bicyclic) bond motifs is 2. The van der Waals surface area contributed by atoms with E-state index in [2.05, 4.69) is 20.1 Å². The summed E-state index contributed by atoms with van der Waals surface area (Å²) in [6.07, 6.45) is -1.28. The largest absolute Gasteiger partial charge is 0.573 e. The van der Waals surface area contributed by atoms with E-state index in [0.29, 0.717) is 34.4 Å². The van der Waals surface area contributed by atoms with Crippen molar-refractivity contribution in [2.75, 3.05) is 6.61 Å². The molecule has 2 N–H and O–H groups in total. The first-order valence-electron chi connectivity index (χ1n) is 10.9. The molecule has 2 aromatic heterocycles. The second-order valence-corrected chi connectivity index (χ2v) is 7.99. The first-order chi connectivity index (χ1) is 17.7. The van der Waals surface area contributed by atoms with Gasteiger partial charge in [0.2, 0.25) is 0 Å². The van der Waals surface area contributed by atoms with Gasteiger partial charge in [-0.3, -0.25) is 19.3 Å². The van der Waals surface area contributed by atoms with Crippen LogP contribution < -0.4 is 14.8 Å². The number of pyridine rings is 1. The molecule has 192 valence electrons. The SMILES string of the molecule is Cn1ncc2c(C(=O)N[C@]3(c4ccc(OC(F)(F)F)cc4)CCOc4cccnc43)cccc21.O=CO. The summed E-state index contributed by atoms with van der Waals surface area (Å²) in [6.45, 7) is 0.0247. The molecule has 9 nitrogen and oxygen atoms in total. The lowest BCUT2D eigenvalue weighted by Crippen LogP contribution is -2.50. The Morgan fingerprint density at radius 1 is 1.19 bits per heavy atom. The average molecular weight is 514 g/mol. The number of aryl methyl sites for hydroxylation is 1. The van der Waals surface area contributed by atoms with Gasteiger partial charge < -0.3 is 19.9 Å². The zero-order valence-corrected chi connectivity index (χ0v) is 19.4. The number of nitrogens with zero attached hydrogens (tertiary/aromatic N) is 3. The number of aromatic nitrogens is 3. The predicted molar refractivity (Wildman–Crippen MR) is 125 cm³/mol. The van der Waals surface area contributed by atoms with Gasteiger partial charge in [-0.2, -0.15) is 5.10 Å². The fourth-order valence-electron chi connectivity index (χ4n) is 4.31. The van der Waals surface area contributed by atoms with E-state index in [-0.39, 0.29) is 24.7 Å². The van der Waals surface area contributed by atoms with Crippen molar-refractivity contribution in [1.29, 1.82) is 0 Å². The maximum Gasteiger partial charge on any atom is 0.573 e. The average Bonchev–Trinajstić information content (AvgIpc) is 3.25. The Morgan fingerprint density at radius 2 is 1.92 bits per heavy atom. The van der Waals surface area contributed by atoms with Gasteiger partial charge in [0, 0.05) is 25.1 Å². The van der Waals surface area contributed by atoms with Gasteiger partial charge >= 0.3 is 6.36 Å². The zero-order chi connectivity index (χ0) is 26.6. The van der Waals surface area contributed by atoms with Crippen molar-refractivity contribution in [2.45, 2.75) is 18.3 Å². The van der Waals surface area contributed by atoms with Crippen LogP contribution in [-0.4, -0.2) is 45.2 Å². The molecule has 0 aliphatic carbocycles. The maximum absolute atomic E-state index is 13.6. The Hall–Kier alpha value is -4.61. The topological polar surface area (TPSA) is 116 Å². The highest BCUT2D eigenvalue weighted by molar-refractivity contribution is 6.06. The van der Waals surface area contributed by atoms with Crippen LogP contribution in [0.5, 0.6) is 11.5 Å². The lowest BCUT2D eigenvalue weighted by atomic mass is 9.81. The summed E-state index contributed by atoms with van der Waals surface area (Å²) in [5.74, 6) is -0.233. The third kappa shape index (κ3) is 5.17. The molecule has 5 rings (SSSR count). The third-order valence-corrected chi connectivity index (χ3v) is 5.85. The smallest absolute Gasteiger partial charge is 0.491 e. The van der Waals surface area contributed by atoms with Gasteiger partial charge in [-0.1, -0.05) is 18.2 Å². The Labute approximate surface area is 208 Å². The Kier molecular flexibility index (Phi) is 7.00. The summed E-state index contributed by atoms with van der Waals surface area (Å²) in [6, 6.07) is 14.2. The summed E-state index contributed by atoms with van der Waals surface area (Å²) in [4.78, 5) is 26.4. The fourth-order valence-corrected chi connectivity index (χ4v) is 4.31. The van der Waals surface area contributed by atoms with Gasteiger partial charge in [-0.15, -0.1) is 13.2 Å². The molecule has 1 aliphatic rings. The van der Waals surface area contributed by atoms with Crippen LogP contribution in [0.25, 0.3) is 10.9 Å². The van der Waals surface area contributed by atoms with Crippen molar-refractivity contribution in [3.05, 3.63) is 83.8 Å². The zero-order valence-electron chi connectivity index (χ0n) is 19.4. The van der Waals surface area contributed by atoms with E-state index in [1.165, 1.54) is 24.3 Å². The number of benzene rings is 2. The molecule has 0 fully saturated rings. The highest BCUT2D eigenvalue weighted by Gasteiger charge is 2.43. The summed E-state index contributed by atoms with van der Waals surface area (Å²) in [5.41, 5.74) is 1.11. The van der Waals surface area contributed by atoms with Crippen LogP contribution in [0, 0.1) is 0 Å². The quantitative estimate of drug-likeness (QED) is 0.395. The van der Waals surface area contributed by atoms with Crippen LogP contribution in [0.3, 0.4) is 0 Å². The molecule has 0 saturated heterocycles. The number of rotatable bonds is 4. The molecule has 1 amide bonds. The van der Waals surface area contributed by atoms with Gasteiger partial charge in [-0.05, 0) is 42.0 Å². The summed E-state index contributed by atoms with van der Waals surface area (Å²) in [5, 5.41) is 14.9. The molecule has 2 aromatic carbocycles. The molecule has 0 unspecified atom stereocenters. The molecule has 0 spiro atoms. The number of hydrogen-bond donors (Lipinski definition) is 2. The van der Waals surface area contributed by atoms with E-state index in [1.807, 2.05) is 6.07 Å². The van der Waals surface area contributed by atoms with Gasteiger partial charge in [0.05, 0.1) is 23.9 Å². The normalized spacial score (nSPS) is 16.5.